The van der Waals surface area contributed by atoms with Gasteiger partial charge in [-0.05, 0) is 38.0 Å². The summed E-state index contributed by atoms with van der Waals surface area (Å²) >= 11 is 0. The molecule has 1 atom stereocenters. The molecule has 2 fully saturated rings. The summed E-state index contributed by atoms with van der Waals surface area (Å²) in [5.74, 6) is 0.436. The quantitative estimate of drug-likeness (QED) is 0.696. The van der Waals surface area contributed by atoms with Crippen LogP contribution in [0.15, 0.2) is 18.2 Å². The molecule has 0 aromatic heterocycles. The van der Waals surface area contributed by atoms with Gasteiger partial charge in [-0.1, -0.05) is 0 Å². The van der Waals surface area contributed by atoms with Gasteiger partial charge in [-0.15, -0.1) is 0 Å². The molecule has 1 saturated heterocycles. The number of esters is 1. The number of piperidine rings is 1. The predicted octanol–water partition coefficient (Wildman–Crippen LogP) is 1.77. The molecule has 1 aromatic carbocycles. The average molecular weight is 404 g/mol. The largest absolute Gasteiger partial charge is 0.497 e. The number of carbonyl (C=O) groups is 3. The molecule has 0 radical (unpaired) electrons. The summed E-state index contributed by atoms with van der Waals surface area (Å²) in [6.45, 7) is 2.88. The van der Waals surface area contributed by atoms with Crippen LogP contribution in [0.2, 0.25) is 0 Å². The van der Waals surface area contributed by atoms with Gasteiger partial charge in [-0.2, -0.15) is 0 Å². The second-order valence-electron chi connectivity index (χ2n) is 7.50. The Labute approximate surface area is 170 Å². The number of nitrogens with one attached hydrogen (secondary N) is 1. The predicted molar refractivity (Wildman–Crippen MR) is 105 cm³/mol. The van der Waals surface area contributed by atoms with Crippen molar-refractivity contribution in [3.8, 4) is 11.5 Å². The highest BCUT2D eigenvalue weighted by Crippen LogP contribution is 2.33. The maximum Gasteiger partial charge on any atom is 0.328 e. The third kappa shape index (κ3) is 5.19. The van der Waals surface area contributed by atoms with E-state index in [0.717, 1.165) is 12.8 Å². The molecule has 8 heteroatoms. The van der Waals surface area contributed by atoms with Crippen molar-refractivity contribution in [2.24, 2.45) is 5.92 Å². The first-order valence-corrected chi connectivity index (χ1v) is 9.95. The summed E-state index contributed by atoms with van der Waals surface area (Å²) in [5.41, 5.74) is 0.289. The van der Waals surface area contributed by atoms with E-state index >= 15 is 0 Å². The van der Waals surface area contributed by atoms with Crippen molar-refractivity contribution < 1.29 is 28.6 Å². The van der Waals surface area contributed by atoms with Crippen molar-refractivity contribution in [1.29, 1.82) is 0 Å². The number of hydrogen-bond acceptors (Lipinski definition) is 6. The highest BCUT2D eigenvalue weighted by atomic mass is 16.5. The minimum Gasteiger partial charge on any atom is -0.497 e. The maximum absolute atomic E-state index is 12.7. The van der Waals surface area contributed by atoms with Gasteiger partial charge in [-0.25, -0.2) is 4.79 Å². The molecule has 1 N–H and O–H groups in total. The zero-order chi connectivity index (χ0) is 21.0. The Bertz CT molecular complexity index is 768. The lowest BCUT2D eigenvalue weighted by atomic mass is 10.1. The molecule has 2 amide bonds. The van der Waals surface area contributed by atoms with Gasteiger partial charge in [0.25, 0.3) is 5.91 Å². The molecule has 2 aliphatic rings. The van der Waals surface area contributed by atoms with Crippen molar-refractivity contribution in [2.75, 3.05) is 27.3 Å². The minimum atomic E-state index is -0.789. The Balaban J connectivity index is 1.66. The number of likely N-dealkylation sites (tertiary alicyclic amines) is 1. The molecule has 29 heavy (non-hydrogen) atoms. The average Bonchev–Trinajstić information content (AvgIpc) is 3.58. The smallest absolute Gasteiger partial charge is 0.328 e. The maximum atomic E-state index is 12.7. The third-order valence-electron chi connectivity index (χ3n) is 5.31. The number of hydrogen-bond donors (Lipinski definition) is 1. The van der Waals surface area contributed by atoms with Gasteiger partial charge in [0.1, 0.15) is 23.6 Å². The zero-order valence-corrected chi connectivity index (χ0v) is 17.1. The van der Waals surface area contributed by atoms with E-state index in [9.17, 15) is 14.4 Å². The van der Waals surface area contributed by atoms with Crippen LogP contribution >= 0.6 is 0 Å². The molecule has 0 bridgehead atoms. The van der Waals surface area contributed by atoms with Crippen molar-refractivity contribution in [3.05, 3.63) is 23.8 Å². The summed E-state index contributed by atoms with van der Waals surface area (Å²) in [6, 6.07) is 4.21. The van der Waals surface area contributed by atoms with Gasteiger partial charge in [-0.3, -0.25) is 9.59 Å². The van der Waals surface area contributed by atoms with Crippen LogP contribution in [0.3, 0.4) is 0 Å². The van der Waals surface area contributed by atoms with Crippen molar-refractivity contribution >= 4 is 17.8 Å². The van der Waals surface area contributed by atoms with Crippen LogP contribution in [0.25, 0.3) is 0 Å². The van der Waals surface area contributed by atoms with Gasteiger partial charge in [0.05, 0.1) is 19.8 Å². The van der Waals surface area contributed by atoms with Crippen LogP contribution in [0, 0.1) is 5.92 Å². The fourth-order valence-electron chi connectivity index (χ4n) is 3.39. The van der Waals surface area contributed by atoms with Crippen LogP contribution in [0.4, 0.5) is 0 Å². The number of carbonyl (C=O) groups excluding carboxylic acids is 3. The fraction of sp³-hybridized carbons (Fsp3) is 0.571. The summed E-state index contributed by atoms with van der Waals surface area (Å²) in [4.78, 5) is 38.5. The molecular weight excluding hydrogens is 376 g/mol. The molecule has 1 aromatic rings. The first-order valence-electron chi connectivity index (χ1n) is 9.95. The first-order chi connectivity index (χ1) is 13.9. The van der Waals surface area contributed by atoms with Crippen LogP contribution in [-0.2, 0) is 14.3 Å². The van der Waals surface area contributed by atoms with E-state index in [0.29, 0.717) is 37.4 Å². The topological polar surface area (TPSA) is 94.2 Å². The molecule has 0 spiro atoms. The van der Waals surface area contributed by atoms with E-state index < -0.39 is 17.9 Å². The molecule has 1 unspecified atom stereocenters. The van der Waals surface area contributed by atoms with Crippen LogP contribution in [0.1, 0.15) is 43.0 Å². The highest BCUT2D eigenvalue weighted by molar-refractivity contribution is 5.99. The number of nitrogens with zero attached hydrogens (tertiary/aromatic N) is 1. The van der Waals surface area contributed by atoms with E-state index in [1.807, 2.05) is 4.90 Å². The summed E-state index contributed by atoms with van der Waals surface area (Å²) < 4.78 is 16.0. The highest BCUT2D eigenvalue weighted by Gasteiger charge is 2.35. The molecule has 1 heterocycles. The molecule has 1 aliphatic heterocycles. The number of ether oxygens (including phenoxy) is 3. The monoisotopic (exact) mass is 404 g/mol. The number of rotatable bonds is 7. The van der Waals surface area contributed by atoms with Gasteiger partial charge < -0.3 is 24.4 Å². The Kier molecular flexibility index (Phi) is 6.61. The lowest BCUT2D eigenvalue weighted by Gasteiger charge is -2.32. The summed E-state index contributed by atoms with van der Waals surface area (Å²) in [6.07, 6.45) is 3.35. The fourth-order valence-corrected chi connectivity index (χ4v) is 3.39. The van der Waals surface area contributed by atoms with Gasteiger partial charge in [0.15, 0.2) is 0 Å². The lowest BCUT2D eigenvalue weighted by molar-refractivity contribution is -0.142. The molecule has 8 nitrogen and oxygen atoms in total. The number of amides is 2. The normalized spacial score (nSPS) is 18.0. The standard InChI is InChI=1S/C21H28N2O6/c1-13(21(26)28-3)22-19(24)17-12-16(27-2)6-7-18(17)29-15-8-10-23(11-9-15)20(25)14-4-5-14/h6-7,12-15H,4-5,8-11H2,1-3H3,(H,22,24). The van der Waals surface area contributed by atoms with Crippen molar-refractivity contribution in [2.45, 2.75) is 44.8 Å². The summed E-state index contributed by atoms with van der Waals surface area (Å²) in [5, 5.41) is 2.62. The van der Waals surface area contributed by atoms with Gasteiger partial charge in [0, 0.05) is 31.8 Å². The van der Waals surface area contributed by atoms with Gasteiger partial charge in [0.2, 0.25) is 5.91 Å². The Morgan fingerprint density at radius 3 is 2.38 bits per heavy atom. The third-order valence-corrected chi connectivity index (χ3v) is 5.31. The Morgan fingerprint density at radius 2 is 1.79 bits per heavy atom. The van der Waals surface area contributed by atoms with E-state index in [1.54, 1.807) is 25.1 Å². The Hall–Kier alpha value is -2.77. The number of benzene rings is 1. The SMILES string of the molecule is COC(=O)C(C)NC(=O)c1cc(OC)ccc1OC1CCN(C(=O)C2CC2)CC1. The van der Waals surface area contributed by atoms with Crippen molar-refractivity contribution in [1.82, 2.24) is 10.2 Å². The van der Waals surface area contributed by atoms with Crippen LogP contribution in [0.5, 0.6) is 11.5 Å². The van der Waals surface area contributed by atoms with Gasteiger partial charge >= 0.3 is 5.97 Å². The van der Waals surface area contributed by atoms with E-state index in [2.05, 4.69) is 10.1 Å². The second kappa shape index (κ2) is 9.15. The summed E-state index contributed by atoms with van der Waals surface area (Å²) in [7, 11) is 2.78. The van der Waals surface area contributed by atoms with Crippen LogP contribution in [-0.4, -0.2) is 62.1 Å². The van der Waals surface area contributed by atoms with Crippen molar-refractivity contribution in [3.63, 3.8) is 0 Å². The molecule has 158 valence electrons. The first kappa shape index (κ1) is 21.0. The Morgan fingerprint density at radius 1 is 1.10 bits per heavy atom. The second-order valence-corrected chi connectivity index (χ2v) is 7.50. The minimum absolute atomic E-state index is 0.0868. The van der Waals surface area contributed by atoms with E-state index in [-0.39, 0.29) is 23.5 Å². The zero-order valence-electron chi connectivity index (χ0n) is 17.1. The molecule has 3 rings (SSSR count). The number of methoxy groups -OCH3 is 2. The van der Waals surface area contributed by atoms with Crippen LogP contribution < -0.4 is 14.8 Å². The molecule has 1 saturated carbocycles. The molecular formula is C21H28N2O6. The van der Waals surface area contributed by atoms with E-state index in [4.69, 9.17) is 9.47 Å². The lowest BCUT2D eigenvalue weighted by Crippen LogP contribution is -2.42. The van der Waals surface area contributed by atoms with E-state index in [1.165, 1.54) is 14.2 Å². The molecule has 1 aliphatic carbocycles.